The first-order valence-corrected chi connectivity index (χ1v) is 15.7. The number of rotatable bonds is 12. The van der Waals surface area contributed by atoms with Crippen molar-refractivity contribution in [2.24, 2.45) is 0 Å². The average molecular weight is 652 g/mol. The van der Waals surface area contributed by atoms with Crippen molar-refractivity contribution >= 4 is 28.8 Å². The van der Waals surface area contributed by atoms with Crippen LogP contribution in [0.25, 0.3) is 11.3 Å². The Morgan fingerprint density at radius 3 is 2.38 bits per heavy atom. The third kappa shape index (κ3) is 7.15. The van der Waals surface area contributed by atoms with Crippen LogP contribution >= 0.6 is 11.3 Å². The van der Waals surface area contributed by atoms with Crippen molar-refractivity contribution in [2.75, 3.05) is 33.4 Å². The number of hydrogen-bond acceptors (Lipinski definition) is 9. The monoisotopic (exact) mass is 651 g/mol. The van der Waals surface area contributed by atoms with Crippen LogP contribution in [0.3, 0.4) is 0 Å². The molecule has 1 N–H and O–H groups in total. The molecule has 0 saturated carbocycles. The number of ether oxygens (including phenoxy) is 5. The zero-order chi connectivity index (χ0) is 32.8. The lowest BCUT2D eigenvalue weighted by atomic mass is 10.0. The first-order chi connectivity index (χ1) is 22.9. The van der Waals surface area contributed by atoms with E-state index >= 15 is 0 Å². The Kier molecular flexibility index (Phi) is 9.53. The molecule has 5 aromatic rings. The highest BCUT2D eigenvalue weighted by Gasteiger charge is 2.33. The molecule has 0 aliphatic carbocycles. The SMILES string of the molecule is COc1ccc(-c2csc(CN(C(=O)Cc3ccccc3)C(C(=O)Nc3ccc4c(c3)OCO4)c3ccc(OC)c(OC)c3)n2)cc1. The number of carbonyl (C=O) groups is 2. The first-order valence-electron chi connectivity index (χ1n) is 14.8. The molecule has 10 nitrogen and oxygen atoms in total. The van der Waals surface area contributed by atoms with Crippen LogP contribution in [0.4, 0.5) is 5.69 Å². The van der Waals surface area contributed by atoms with Gasteiger partial charge < -0.3 is 33.9 Å². The number of methoxy groups -OCH3 is 3. The van der Waals surface area contributed by atoms with Crippen LogP contribution in [0, 0.1) is 0 Å². The molecule has 0 bridgehead atoms. The maximum atomic E-state index is 14.4. The van der Waals surface area contributed by atoms with Gasteiger partial charge in [-0.3, -0.25) is 9.59 Å². The molecule has 1 atom stereocenters. The van der Waals surface area contributed by atoms with E-state index in [-0.39, 0.29) is 25.7 Å². The summed E-state index contributed by atoms with van der Waals surface area (Å²) in [6.07, 6.45) is 0.0820. The van der Waals surface area contributed by atoms with Crippen LogP contribution in [0.2, 0.25) is 0 Å². The van der Waals surface area contributed by atoms with Crippen molar-refractivity contribution in [2.45, 2.75) is 19.0 Å². The molecular formula is C36H33N3O7S. The third-order valence-corrected chi connectivity index (χ3v) is 8.52. The van der Waals surface area contributed by atoms with Gasteiger partial charge in [0, 0.05) is 22.7 Å². The van der Waals surface area contributed by atoms with Gasteiger partial charge in [-0.15, -0.1) is 11.3 Å². The molecule has 6 rings (SSSR count). The Morgan fingerprint density at radius 2 is 1.64 bits per heavy atom. The van der Waals surface area contributed by atoms with E-state index in [1.54, 1.807) is 55.5 Å². The molecule has 1 aromatic heterocycles. The molecule has 1 aliphatic heterocycles. The van der Waals surface area contributed by atoms with Gasteiger partial charge in [-0.25, -0.2) is 4.98 Å². The Labute approximate surface area is 276 Å². The normalized spacial score (nSPS) is 12.2. The number of benzene rings is 4. The Balaban J connectivity index is 1.39. The minimum Gasteiger partial charge on any atom is -0.497 e. The van der Waals surface area contributed by atoms with E-state index in [0.29, 0.717) is 39.3 Å². The molecule has 0 spiro atoms. The van der Waals surface area contributed by atoms with Crippen LogP contribution in [0.15, 0.2) is 96.4 Å². The van der Waals surface area contributed by atoms with Crippen LogP contribution in [0.1, 0.15) is 22.2 Å². The fourth-order valence-electron chi connectivity index (χ4n) is 5.30. The van der Waals surface area contributed by atoms with E-state index in [1.165, 1.54) is 18.4 Å². The molecule has 47 heavy (non-hydrogen) atoms. The minimum atomic E-state index is -1.07. The quantitative estimate of drug-likeness (QED) is 0.163. The van der Waals surface area contributed by atoms with Gasteiger partial charge in [-0.2, -0.15) is 0 Å². The average Bonchev–Trinajstić information content (AvgIpc) is 3.78. The van der Waals surface area contributed by atoms with Crippen molar-refractivity contribution in [1.82, 2.24) is 9.88 Å². The van der Waals surface area contributed by atoms with Gasteiger partial charge in [0.2, 0.25) is 12.7 Å². The predicted octanol–water partition coefficient (Wildman–Crippen LogP) is 6.52. The standard InChI is InChI=1S/C36H33N3O7S/c1-42-27-13-9-24(10-14-27)28-21-47-33(38-28)20-39(34(40)17-23-7-5-4-6-8-23)35(25-11-15-29(43-2)31(18-25)44-3)36(41)37-26-12-16-30-32(19-26)46-22-45-30/h4-16,18-19,21,35H,17,20,22H2,1-3H3,(H,37,41). The number of fused-ring (bicyclic) bond motifs is 1. The number of hydrogen-bond donors (Lipinski definition) is 1. The molecule has 240 valence electrons. The van der Waals surface area contributed by atoms with Crippen molar-refractivity contribution in [1.29, 1.82) is 0 Å². The zero-order valence-electron chi connectivity index (χ0n) is 26.1. The lowest BCUT2D eigenvalue weighted by molar-refractivity contribution is -0.139. The number of nitrogens with zero attached hydrogens (tertiary/aromatic N) is 2. The van der Waals surface area contributed by atoms with E-state index < -0.39 is 11.9 Å². The summed E-state index contributed by atoms with van der Waals surface area (Å²) < 4.78 is 27.3. The second-order valence-corrected chi connectivity index (χ2v) is 11.6. The van der Waals surface area contributed by atoms with Crippen molar-refractivity contribution in [3.8, 4) is 40.0 Å². The van der Waals surface area contributed by atoms with Crippen molar-refractivity contribution < 1.29 is 33.3 Å². The van der Waals surface area contributed by atoms with Gasteiger partial charge in [-0.1, -0.05) is 36.4 Å². The van der Waals surface area contributed by atoms with E-state index in [0.717, 1.165) is 22.6 Å². The Bertz CT molecular complexity index is 1860. The summed E-state index contributed by atoms with van der Waals surface area (Å²) in [4.78, 5) is 35.1. The van der Waals surface area contributed by atoms with E-state index in [1.807, 2.05) is 60.0 Å². The van der Waals surface area contributed by atoms with Gasteiger partial charge in [0.1, 0.15) is 16.8 Å². The summed E-state index contributed by atoms with van der Waals surface area (Å²) in [5.74, 6) is 2.11. The second kappa shape index (κ2) is 14.3. The molecule has 2 heterocycles. The van der Waals surface area contributed by atoms with Crippen LogP contribution in [0.5, 0.6) is 28.7 Å². The summed E-state index contributed by atoms with van der Waals surface area (Å²) in [6.45, 7) is 0.190. The molecule has 1 unspecified atom stereocenters. The summed E-state index contributed by atoms with van der Waals surface area (Å²) >= 11 is 1.42. The second-order valence-electron chi connectivity index (χ2n) is 10.6. The van der Waals surface area contributed by atoms with Crippen molar-refractivity contribution in [3.63, 3.8) is 0 Å². The highest BCUT2D eigenvalue weighted by Crippen LogP contribution is 2.37. The summed E-state index contributed by atoms with van der Waals surface area (Å²) in [7, 11) is 4.69. The number of carbonyl (C=O) groups excluding carboxylic acids is 2. The molecular weight excluding hydrogens is 618 g/mol. The topological polar surface area (TPSA) is 108 Å². The number of thiazole rings is 1. The molecule has 2 amide bonds. The lowest BCUT2D eigenvalue weighted by Gasteiger charge is -2.31. The highest BCUT2D eigenvalue weighted by atomic mass is 32.1. The summed E-state index contributed by atoms with van der Waals surface area (Å²) in [6, 6.07) is 26.3. The molecule has 4 aromatic carbocycles. The lowest BCUT2D eigenvalue weighted by Crippen LogP contribution is -2.41. The van der Waals surface area contributed by atoms with Crippen molar-refractivity contribution in [3.05, 3.63) is 113 Å². The maximum Gasteiger partial charge on any atom is 0.251 e. The number of aromatic nitrogens is 1. The first kappa shape index (κ1) is 31.4. The molecule has 11 heteroatoms. The Hall–Kier alpha value is -5.55. The van der Waals surface area contributed by atoms with E-state index in [4.69, 9.17) is 28.7 Å². The molecule has 0 fully saturated rings. The maximum absolute atomic E-state index is 14.4. The fraction of sp³-hybridized carbons (Fsp3) is 0.194. The highest BCUT2D eigenvalue weighted by molar-refractivity contribution is 7.09. The predicted molar refractivity (Wildman–Crippen MR) is 178 cm³/mol. The van der Waals surface area contributed by atoms with Crippen LogP contribution in [-0.4, -0.2) is 49.8 Å². The van der Waals surface area contributed by atoms with E-state index in [9.17, 15) is 9.59 Å². The smallest absolute Gasteiger partial charge is 0.251 e. The summed E-state index contributed by atoms with van der Waals surface area (Å²) in [5.41, 5.74) is 3.52. The minimum absolute atomic E-state index is 0.0820. The third-order valence-electron chi connectivity index (χ3n) is 7.69. The zero-order valence-corrected chi connectivity index (χ0v) is 26.9. The van der Waals surface area contributed by atoms with Gasteiger partial charge in [-0.05, 0) is 59.7 Å². The largest absolute Gasteiger partial charge is 0.497 e. The Morgan fingerprint density at radius 1 is 0.872 bits per heavy atom. The number of anilines is 1. The van der Waals surface area contributed by atoms with Crippen LogP contribution < -0.4 is 29.0 Å². The van der Waals surface area contributed by atoms with Gasteiger partial charge >= 0.3 is 0 Å². The van der Waals surface area contributed by atoms with Crippen LogP contribution in [-0.2, 0) is 22.6 Å². The molecule has 1 aliphatic rings. The number of amides is 2. The van der Waals surface area contributed by atoms with Gasteiger partial charge in [0.05, 0.1) is 40.0 Å². The van der Waals surface area contributed by atoms with Gasteiger partial charge in [0.25, 0.3) is 5.91 Å². The molecule has 0 saturated heterocycles. The summed E-state index contributed by atoms with van der Waals surface area (Å²) in [5, 5.41) is 5.60. The van der Waals surface area contributed by atoms with Gasteiger partial charge in [0.15, 0.2) is 23.0 Å². The molecule has 0 radical (unpaired) electrons. The fourth-order valence-corrected chi connectivity index (χ4v) is 6.10. The van der Waals surface area contributed by atoms with E-state index in [2.05, 4.69) is 5.32 Å². The number of nitrogens with one attached hydrogen (secondary N) is 1.